The molecule has 0 aromatic carbocycles. The Morgan fingerprint density at radius 2 is 2.10 bits per heavy atom. The van der Waals surface area contributed by atoms with Crippen LogP contribution in [0.4, 0.5) is 0 Å². The molecule has 7 heteroatoms. The maximum absolute atomic E-state index is 12.6. The fraction of sp³-hybridized carbons (Fsp3) is 0.769. The van der Waals surface area contributed by atoms with Crippen molar-refractivity contribution < 1.29 is 8.42 Å². The third-order valence-corrected chi connectivity index (χ3v) is 5.63. The van der Waals surface area contributed by atoms with Gasteiger partial charge in [0.15, 0.2) is 5.03 Å². The minimum Gasteiger partial charge on any atom is -0.310 e. The van der Waals surface area contributed by atoms with Gasteiger partial charge in [-0.05, 0) is 18.8 Å². The lowest BCUT2D eigenvalue weighted by molar-refractivity contribution is 0.287. The van der Waals surface area contributed by atoms with Gasteiger partial charge in [0.05, 0.1) is 6.20 Å². The summed E-state index contributed by atoms with van der Waals surface area (Å²) in [4.78, 5) is 0. The maximum atomic E-state index is 12.6. The van der Waals surface area contributed by atoms with E-state index in [2.05, 4.69) is 22.4 Å². The number of hydrogen-bond acceptors (Lipinski definition) is 4. The van der Waals surface area contributed by atoms with Crippen molar-refractivity contribution in [2.75, 3.05) is 13.1 Å². The van der Waals surface area contributed by atoms with Gasteiger partial charge in [0.1, 0.15) is 0 Å². The summed E-state index contributed by atoms with van der Waals surface area (Å²) < 4.78 is 26.9. The average Bonchev–Trinajstić information content (AvgIpc) is 2.86. The number of nitrogens with zero attached hydrogens (tertiary/aromatic N) is 2. The lowest BCUT2D eigenvalue weighted by Gasteiger charge is -2.29. The van der Waals surface area contributed by atoms with E-state index in [1.165, 1.54) is 0 Å². The van der Waals surface area contributed by atoms with Crippen molar-refractivity contribution in [3.05, 3.63) is 11.8 Å². The third-order valence-electron chi connectivity index (χ3n) is 3.72. The van der Waals surface area contributed by atoms with Gasteiger partial charge in [-0.15, -0.1) is 0 Å². The van der Waals surface area contributed by atoms with Gasteiger partial charge >= 0.3 is 0 Å². The van der Waals surface area contributed by atoms with Crippen LogP contribution < -0.4 is 5.32 Å². The first-order valence-electron chi connectivity index (χ1n) is 7.17. The number of H-pyrrole nitrogens is 1. The summed E-state index contributed by atoms with van der Waals surface area (Å²) in [5.41, 5.74) is 0.706. The highest BCUT2D eigenvalue weighted by atomic mass is 32.2. The van der Waals surface area contributed by atoms with E-state index in [4.69, 9.17) is 0 Å². The van der Waals surface area contributed by atoms with Crippen LogP contribution in [-0.4, -0.2) is 42.1 Å². The first-order chi connectivity index (χ1) is 9.41. The van der Waals surface area contributed by atoms with Gasteiger partial charge < -0.3 is 5.32 Å². The molecule has 0 aliphatic carbocycles. The summed E-state index contributed by atoms with van der Waals surface area (Å²) >= 11 is 0. The molecule has 6 nitrogen and oxygen atoms in total. The van der Waals surface area contributed by atoms with Crippen LogP contribution in [0.25, 0.3) is 0 Å². The minimum atomic E-state index is -3.45. The lowest BCUT2D eigenvalue weighted by atomic mass is 10.0. The molecule has 0 spiro atoms. The number of aromatic amines is 1. The van der Waals surface area contributed by atoms with Crippen LogP contribution >= 0.6 is 0 Å². The molecule has 0 radical (unpaired) electrons. The molecule has 2 heterocycles. The normalized spacial score (nSPS) is 18.8. The highest BCUT2D eigenvalue weighted by molar-refractivity contribution is 7.89. The summed E-state index contributed by atoms with van der Waals surface area (Å²) in [6, 6.07) is 0.302. The SMILES string of the molecule is CC1CCN(S(=O)(=O)c2[nH]ncc2CNC(C)C)CC1. The highest BCUT2D eigenvalue weighted by Crippen LogP contribution is 2.24. The summed E-state index contributed by atoms with van der Waals surface area (Å²) in [6.45, 7) is 7.92. The van der Waals surface area contributed by atoms with E-state index >= 15 is 0 Å². The fourth-order valence-electron chi connectivity index (χ4n) is 2.32. The van der Waals surface area contributed by atoms with Gasteiger partial charge in [-0.1, -0.05) is 20.8 Å². The van der Waals surface area contributed by atoms with Crippen molar-refractivity contribution in [1.29, 1.82) is 0 Å². The molecule has 0 unspecified atom stereocenters. The van der Waals surface area contributed by atoms with Crippen LogP contribution in [0.15, 0.2) is 11.2 Å². The molecule has 1 aromatic rings. The van der Waals surface area contributed by atoms with E-state index in [1.54, 1.807) is 10.5 Å². The number of rotatable bonds is 5. The molecule has 20 heavy (non-hydrogen) atoms. The lowest BCUT2D eigenvalue weighted by Crippen LogP contribution is -2.38. The molecule has 0 amide bonds. The number of nitrogens with one attached hydrogen (secondary N) is 2. The zero-order valence-corrected chi connectivity index (χ0v) is 13.2. The largest absolute Gasteiger partial charge is 0.310 e. The molecular formula is C13H24N4O2S. The van der Waals surface area contributed by atoms with Gasteiger partial charge in [-0.3, -0.25) is 5.10 Å². The highest BCUT2D eigenvalue weighted by Gasteiger charge is 2.31. The van der Waals surface area contributed by atoms with Gasteiger partial charge in [-0.2, -0.15) is 9.40 Å². The van der Waals surface area contributed by atoms with Crippen LogP contribution in [0.3, 0.4) is 0 Å². The van der Waals surface area contributed by atoms with E-state index in [0.717, 1.165) is 12.8 Å². The molecule has 114 valence electrons. The number of hydrogen-bond donors (Lipinski definition) is 2. The Labute approximate surface area is 121 Å². The third kappa shape index (κ3) is 3.39. The van der Waals surface area contributed by atoms with Crippen molar-refractivity contribution >= 4 is 10.0 Å². The second kappa shape index (κ2) is 6.24. The molecule has 1 fully saturated rings. The fourth-order valence-corrected chi connectivity index (χ4v) is 3.89. The Morgan fingerprint density at radius 1 is 1.45 bits per heavy atom. The molecule has 1 saturated heterocycles. The molecule has 0 atom stereocenters. The number of aromatic nitrogens is 2. The van der Waals surface area contributed by atoms with E-state index in [1.807, 2.05) is 13.8 Å². The first kappa shape index (κ1) is 15.5. The zero-order chi connectivity index (χ0) is 14.8. The van der Waals surface area contributed by atoms with E-state index in [0.29, 0.717) is 37.2 Å². The molecule has 0 bridgehead atoms. The monoisotopic (exact) mass is 300 g/mol. The topological polar surface area (TPSA) is 78.1 Å². The Kier molecular flexibility index (Phi) is 4.82. The van der Waals surface area contributed by atoms with E-state index < -0.39 is 10.0 Å². The smallest absolute Gasteiger partial charge is 0.260 e. The summed E-state index contributed by atoms with van der Waals surface area (Å²) in [5, 5.41) is 10.0. The van der Waals surface area contributed by atoms with Gasteiger partial charge in [-0.25, -0.2) is 8.42 Å². The van der Waals surface area contributed by atoms with Crippen LogP contribution in [0.2, 0.25) is 0 Å². The predicted octanol–water partition coefficient (Wildman–Crippen LogP) is 1.33. The van der Waals surface area contributed by atoms with Crippen LogP contribution in [0, 0.1) is 5.92 Å². The minimum absolute atomic E-state index is 0.236. The molecule has 1 aliphatic heterocycles. The van der Waals surface area contributed by atoms with Crippen molar-refractivity contribution in [2.24, 2.45) is 5.92 Å². The van der Waals surface area contributed by atoms with Gasteiger partial charge in [0.25, 0.3) is 10.0 Å². The zero-order valence-electron chi connectivity index (χ0n) is 12.4. The Morgan fingerprint density at radius 3 is 2.70 bits per heavy atom. The molecule has 1 aliphatic rings. The molecule has 2 rings (SSSR count). The van der Waals surface area contributed by atoms with E-state index in [9.17, 15) is 8.42 Å². The Hall–Kier alpha value is -0.920. The van der Waals surface area contributed by atoms with Crippen LogP contribution in [0.5, 0.6) is 0 Å². The van der Waals surface area contributed by atoms with Crippen molar-refractivity contribution in [1.82, 2.24) is 19.8 Å². The second-order valence-electron chi connectivity index (χ2n) is 5.85. The average molecular weight is 300 g/mol. The van der Waals surface area contributed by atoms with Crippen molar-refractivity contribution in [3.63, 3.8) is 0 Å². The summed E-state index contributed by atoms with van der Waals surface area (Å²) in [6.07, 6.45) is 3.44. The standard InChI is InChI=1S/C13H24N4O2S/c1-10(2)14-8-12-9-15-16-13(12)20(18,19)17-6-4-11(3)5-7-17/h9-11,14H,4-8H2,1-3H3,(H,15,16). The molecular weight excluding hydrogens is 276 g/mol. The predicted molar refractivity (Wildman–Crippen MR) is 77.7 cm³/mol. The molecule has 2 N–H and O–H groups in total. The molecule has 1 aromatic heterocycles. The number of piperidine rings is 1. The number of sulfonamides is 1. The molecule has 0 saturated carbocycles. The summed E-state index contributed by atoms with van der Waals surface area (Å²) in [7, 11) is -3.45. The Bertz CT molecular complexity index is 530. The Balaban J connectivity index is 2.15. The summed E-state index contributed by atoms with van der Waals surface area (Å²) in [5.74, 6) is 0.602. The van der Waals surface area contributed by atoms with Crippen LogP contribution in [0.1, 0.15) is 39.2 Å². The second-order valence-corrected chi connectivity index (χ2v) is 7.72. The van der Waals surface area contributed by atoms with E-state index in [-0.39, 0.29) is 5.03 Å². The van der Waals surface area contributed by atoms with Gasteiger partial charge in [0.2, 0.25) is 0 Å². The van der Waals surface area contributed by atoms with Crippen LogP contribution in [-0.2, 0) is 16.6 Å². The first-order valence-corrected chi connectivity index (χ1v) is 8.61. The van der Waals surface area contributed by atoms with Crippen molar-refractivity contribution in [3.8, 4) is 0 Å². The quantitative estimate of drug-likeness (QED) is 0.860. The van der Waals surface area contributed by atoms with Crippen molar-refractivity contribution in [2.45, 2.75) is 51.2 Å². The van der Waals surface area contributed by atoms with Gasteiger partial charge in [0, 0.05) is 31.2 Å². The maximum Gasteiger partial charge on any atom is 0.260 e.